The van der Waals surface area contributed by atoms with Gasteiger partial charge in [-0.3, -0.25) is 4.21 Å². The Hall–Kier alpha value is 0.220. The Bertz CT molecular complexity index is 624. The van der Waals surface area contributed by atoms with Crippen LogP contribution in [0.5, 0.6) is 0 Å². The number of aromatic nitrogens is 4. The number of thioether (sulfide) groups is 1. The summed E-state index contributed by atoms with van der Waals surface area (Å²) < 4.78 is 25.7. The minimum absolute atomic E-state index is 0.0926. The van der Waals surface area contributed by atoms with E-state index in [-0.39, 0.29) is 6.04 Å². The Labute approximate surface area is 228 Å². The van der Waals surface area contributed by atoms with Gasteiger partial charge in [-0.1, -0.05) is 113 Å². The maximum atomic E-state index is 11.7. The monoisotopic (exact) mass is 628 g/mol. The Morgan fingerprint density at radius 3 is 2.00 bits per heavy atom. The summed E-state index contributed by atoms with van der Waals surface area (Å²) in [7, 11) is 0. The van der Waals surface area contributed by atoms with Crippen molar-refractivity contribution in [3.05, 3.63) is 5.82 Å². The van der Waals surface area contributed by atoms with E-state index in [1.807, 2.05) is 18.7 Å². The lowest BCUT2D eigenvalue weighted by atomic mass is 10.0. The molecule has 0 aromatic carbocycles. The summed E-state index contributed by atoms with van der Waals surface area (Å²) in [5.74, 6) is 2.51. The smallest absolute Gasteiger partial charge is 0.171 e. The van der Waals surface area contributed by atoms with Crippen LogP contribution in [-0.2, 0) is 11.3 Å². The van der Waals surface area contributed by atoms with Crippen LogP contribution in [0.15, 0.2) is 0 Å². The number of aryl methyl sites for hydroxylation is 1. The highest BCUT2D eigenvalue weighted by molar-refractivity contribution is 14.1. The summed E-state index contributed by atoms with van der Waals surface area (Å²) in [5.41, 5.74) is 0. The molecule has 0 aliphatic heterocycles. The van der Waals surface area contributed by atoms with Crippen molar-refractivity contribution in [2.24, 2.45) is 0 Å². The predicted octanol–water partition coefficient (Wildman–Crippen LogP) is 6.66. The Kier molecular flexibility index (Phi) is 21.3. The van der Waals surface area contributed by atoms with E-state index < -0.39 is 11.3 Å². The molecule has 0 amide bonds. The van der Waals surface area contributed by atoms with Crippen LogP contribution in [0.2, 0.25) is 0 Å². The van der Waals surface area contributed by atoms with E-state index in [9.17, 15) is 8.76 Å². The van der Waals surface area contributed by atoms with Crippen molar-refractivity contribution in [1.82, 2.24) is 24.5 Å². The van der Waals surface area contributed by atoms with E-state index in [0.29, 0.717) is 18.9 Å². The van der Waals surface area contributed by atoms with Gasteiger partial charge in [-0.15, -0.1) is 10.2 Å². The number of alkyl halides is 1. The second kappa shape index (κ2) is 22.4. The fourth-order valence-electron chi connectivity index (χ4n) is 3.96. The van der Waals surface area contributed by atoms with Gasteiger partial charge in [0.25, 0.3) is 0 Å². The number of tetrazole rings is 1. The van der Waals surface area contributed by atoms with Crippen molar-refractivity contribution in [2.75, 3.05) is 29.0 Å². The standard InChI is InChI=1S/C24H48IN5O2S2/c1-3-4-5-6-7-8-9-10-11-12-13-14-15-16-20-33-22-24(30-27-23(2)26-28-30)21-29(34(31)32)19-17-18-25/h24H,3-22H2,1-2H3,(H,31,32)/p-1. The molecule has 0 bridgehead atoms. The zero-order valence-electron chi connectivity index (χ0n) is 21.5. The van der Waals surface area contributed by atoms with Gasteiger partial charge >= 0.3 is 0 Å². The van der Waals surface area contributed by atoms with Crippen LogP contribution in [0.1, 0.15) is 115 Å². The van der Waals surface area contributed by atoms with Crippen LogP contribution in [0.25, 0.3) is 0 Å². The van der Waals surface area contributed by atoms with Gasteiger partial charge in [0.05, 0.1) is 6.04 Å². The topological polar surface area (TPSA) is 87.0 Å². The van der Waals surface area contributed by atoms with Gasteiger partial charge in [0.2, 0.25) is 0 Å². The number of hydrogen-bond acceptors (Lipinski definition) is 6. The zero-order chi connectivity index (χ0) is 24.9. The Balaban J connectivity index is 2.13. The van der Waals surface area contributed by atoms with Crippen LogP contribution in [0, 0.1) is 6.92 Å². The van der Waals surface area contributed by atoms with Crippen molar-refractivity contribution >= 4 is 45.6 Å². The molecule has 0 aliphatic rings. The highest BCUT2D eigenvalue weighted by atomic mass is 127. The molecule has 0 fully saturated rings. The van der Waals surface area contributed by atoms with Gasteiger partial charge in [0.15, 0.2) is 5.82 Å². The molecule has 0 N–H and O–H groups in total. The number of hydrogen-bond donors (Lipinski definition) is 0. The third-order valence-electron chi connectivity index (χ3n) is 5.97. The highest BCUT2D eigenvalue weighted by Gasteiger charge is 2.19. The molecule has 0 aliphatic carbocycles. The average molecular weight is 629 g/mol. The summed E-state index contributed by atoms with van der Waals surface area (Å²) in [6, 6.07) is -0.0926. The molecule has 0 radical (unpaired) electrons. The molecule has 200 valence electrons. The predicted molar refractivity (Wildman–Crippen MR) is 153 cm³/mol. The van der Waals surface area contributed by atoms with E-state index in [0.717, 1.165) is 22.4 Å². The fourth-order valence-corrected chi connectivity index (χ4v) is 5.96. The molecular weight excluding hydrogens is 581 g/mol. The number of rotatable bonds is 24. The molecule has 1 aromatic rings. The van der Waals surface area contributed by atoms with Crippen LogP contribution < -0.4 is 0 Å². The Morgan fingerprint density at radius 2 is 1.53 bits per heavy atom. The number of nitrogens with zero attached hydrogens (tertiary/aromatic N) is 5. The largest absolute Gasteiger partial charge is 0.760 e. The first-order chi connectivity index (χ1) is 16.6. The zero-order valence-corrected chi connectivity index (χ0v) is 25.3. The summed E-state index contributed by atoms with van der Waals surface area (Å²) >= 11 is 1.92. The van der Waals surface area contributed by atoms with E-state index in [2.05, 4.69) is 44.9 Å². The molecule has 2 atom stereocenters. The van der Waals surface area contributed by atoms with E-state index in [1.165, 1.54) is 94.2 Å². The normalized spacial score (nSPS) is 13.6. The van der Waals surface area contributed by atoms with Gasteiger partial charge in [-0.25, -0.2) is 4.31 Å². The first-order valence-electron chi connectivity index (χ1n) is 13.3. The van der Waals surface area contributed by atoms with Crippen molar-refractivity contribution in [1.29, 1.82) is 0 Å². The summed E-state index contributed by atoms with van der Waals surface area (Å²) in [6.45, 7) is 5.02. The van der Waals surface area contributed by atoms with Gasteiger partial charge in [-0.2, -0.15) is 16.6 Å². The minimum atomic E-state index is -2.23. The van der Waals surface area contributed by atoms with E-state index in [1.54, 1.807) is 4.80 Å². The minimum Gasteiger partial charge on any atom is -0.760 e. The van der Waals surface area contributed by atoms with Crippen LogP contribution in [-0.4, -0.2) is 62.3 Å². The lowest BCUT2D eigenvalue weighted by Gasteiger charge is -2.27. The van der Waals surface area contributed by atoms with Gasteiger partial charge in [0, 0.05) is 34.5 Å². The second-order valence-electron chi connectivity index (χ2n) is 9.13. The SMILES string of the molecule is CCCCCCCCCCCCCCCCSCC(CN(CCCI)S(=O)[O-])n1nnc(C)n1. The highest BCUT2D eigenvalue weighted by Crippen LogP contribution is 2.18. The molecule has 10 heteroatoms. The molecule has 1 heterocycles. The van der Waals surface area contributed by atoms with E-state index >= 15 is 0 Å². The molecule has 1 aromatic heterocycles. The van der Waals surface area contributed by atoms with Crippen molar-refractivity contribution in [2.45, 2.75) is 116 Å². The average Bonchev–Trinajstić information content (AvgIpc) is 3.26. The maximum absolute atomic E-state index is 11.7. The molecule has 0 saturated heterocycles. The lowest BCUT2D eigenvalue weighted by molar-refractivity contribution is 0.311. The Morgan fingerprint density at radius 1 is 0.971 bits per heavy atom. The third-order valence-corrected chi connectivity index (χ3v) is 8.69. The number of unbranched alkanes of at least 4 members (excludes halogenated alkanes) is 13. The molecule has 0 saturated carbocycles. The summed E-state index contributed by atoms with van der Waals surface area (Å²) in [5, 5.41) is 12.5. The van der Waals surface area contributed by atoms with Crippen LogP contribution in [0.4, 0.5) is 0 Å². The molecule has 0 spiro atoms. The van der Waals surface area contributed by atoms with Crippen LogP contribution in [0.3, 0.4) is 0 Å². The number of halogens is 1. The fraction of sp³-hybridized carbons (Fsp3) is 0.958. The van der Waals surface area contributed by atoms with Crippen molar-refractivity contribution in [3.63, 3.8) is 0 Å². The summed E-state index contributed by atoms with van der Waals surface area (Å²) in [6.07, 6.45) is 20.0. The summed E-state index contributed by atoms with van der Waals surface area (Å²) in [4.78, 5) is 1.59. The van der Waals surface area contributed by atoms with Crippen molar-refractivity contribution < 1.29 is 8.76 Å². The molecule has 34 heavy (non-hydrogen) atoms. The first kappa shape index (κ1) is 32.2. The molecule has 7 nitrogen and oxygen atoms in total. The van der Waals surface area contributed by atoms with Gasteiger partial charge in [-0.05, 0) is 30.7 Å². The first-order valence-corrected chi connectivity index (χ1v) is 17.0. The van der Waals surface area contributed by atoms with Gasteiger partial charge in [0.1, 0.15) is 0 Å². The quantitative estimate of drug-likeness (QED) is 0.0551. The van der Waals surface area contributed by atoms with Gasteiger partial charge < -0.3 is 4.55 Å². The molecule has 1 rings (SSSR count). The lowest BCUT2D eigenvalue weighted by Crippen LogP contribution is -2.35. The molecule has 2 unspecified atom stereocenters. The third kappa shape index (κ3) is 16.8. The maximum Gasteiger partial charge on any atom is 0.171 e. The second-order valence-corrected chi connectivity index (χ2v) is 12.3. The van der Waals surface area contributed by atoms with E-state index in [4.69, 9.17) is 0 Å². The molecular formula is C24H47IN5O2S2-. The van der Waals surface area contributed by atoms with Crippen LogP contribution >= 0.6 is 34.4 Å². The van der Waals surface area contributed by atoms with Crippen molar-refractivity contribution in [3.8, 4) is 0 Å².